The second-order valence-electron chi connectivity index (χ2n) is 4.69. The predicted molar refractivity (Wildman–Crippen MR) is 69.2 cm³/mol. The van der Waals surface area contributed by atoms with E-state index in [4.69, 9.17) is 4.84 Å². The van der Waals surface area contributed by atoms with Crippen LogP contribution in [0.25, 0.3) is 0 Å². The number of hydrogen-bond acceptors (Lipinski definition) is 7. The number of hydrogen-bond donors (Lipinski definition) is 0. The van der Waals surface area contributed by atoms with E-state index in [1.54, 1.807) is 0 Å². The first-order valence-electron chi connectivity index (χ1n) is 5.92. The Morgan fingerprint density at radius 2 is 1.38 bits per heavy atom. The average molecular weight is 297 g/mol. The molecule has 0 bridgehead atoms. The van der Waals surface area contributed by atoms with Crippen LogP contribution in [-0.2, 0) is 24.0 Å². The van der Waals surface area contributed by atoms with Crippen LogP contribution in [0.4, 0.5) is 4.79 Å². The second-order valence-corrected chi connectivity index (χ2v) is 4.69. The van der Waals surface area contributed by atoms with Gasteiger partial charge in [0.15, 0.2) is 17.3 Å². The normalized spacial score (nSPS) is 17.7. The molecule has 0 aromatic rings. The molecule has 4 amide bonds. The molecule has 0 aromatic heterocycles. The van der Waals surface area contributed by atoms with E-state index >= 15 is 0 Å². The van der Waals surface area contributed by atoms with Crippen LogP contribution in [0.2, 0.25) is 0 Å². The first-order valence-corrected chi connectivity index (χ1v) is 5.92. The Balaban J connectivity index is 3.20. The number of carbonyl (C=O) groups is 5. The maximum Gasteiger partial charge on any atom is 0.333 e. The Kier molecular flexibility index (Phi) is 4.26. The quantitative estimate of drug-likeness (QED) is 0.387. The maximum absolute atomic E-state index is 12.1. The van der Waals surface area contributed by atoms with Crippen molar-refractivity contribution >= 4 is 35.1 Å². The van der Waals surface area contributed by atoms with Gasteiger partial charge in [-0.25, -0.2) is 4.79 Å². The number of urea groups is 1. The molecule has 0 aromatic carbocycles. The van der Waals surface area contributed by atoms with Crippen LogP contribution in [0.15, 0.2) is 5.16 Å². The van der Waals surface area contributed by atoms with Gasteiger partial charge < -0.3 is 4.84 Å². The molecule has 0 N–H and O–H groups in total. The minimum Gasteiger partial charge on any atom is -0.368 e. The van der Waals surface area contributed by atoms with Crippen molar-refractivity contribution < 1.29 is 28.8 Å². The van der Waals surface area contributed by atoms with Gasteiger partial charge in [0, 0.05) is 27.9 Å². The maximum atomic E-state index is 12.1. The van der Waals surface area contributed by atoms with Crippen LogP contribution in [-0.4, -0.2) is 64.6 Å². The van der Waals surface area contributed by atoms with Gasteiger partial charge in [0.25, 0.3) is 17.4 Å². The van der Waals surface area contributed by atoms with Crippen molar-refractivity contribution in [3.05, 3.63) is 0 Å². The lowest BCUT2D eigenvalue weighted by atomic mass is 10.0. The smallest absolute Gasteiger partial charge is 0.333 e. The number of imide groups is 2. The van der Waals surface area contributed by atoms with Crippen molar-refractivity contribution in [1.82, 2.24) is 9.80 Å². The van der Waals surface area contributed by atoms with Gasteiger partial charge in [0.1, 0.15) is 0 Å². The molecule has 0 unspecified atom stereocenters. The molecular formula is C12H15N3O6. The molecule has 0 radical (unpaired) electrons. The molecule has 0 aliphatic carbocycles. The highest BCUT2D eigenvalue weighted by Gasteiger charge is 2.55. The van der Waals surface area contributed by atoms with Gasteiger partial charge in [-0.1, -0.05) is 5.16 Å². The number of nitrogens with zero attached hydrogens (tertiary/aromatic N) is 3. The highest BCUT2D eigenvalue weighted by atomic mass is 16.7. The summed E-state index contributed by atoms with van der Waals surface area (Å²) in [5.41, 5.74) is -2.65. The summed E-state index contributed by atoms with van der Waals surface area (Å²) in [4.78, 5) is 64.4. The number of rotatable bonds is 4. The topological polar surface area (TPSA) is 113 Å². The molecule has 1 fully saturated rings. The van der Waals surface area contributed by atoms with E-state index < -0.39 is 40.7 Å². The third kappa shape index (κ3) is 2.67. The lowest BCUT2D eigenvalue weighted by Crippen LogP contribution is -2.66. The van der Waals surface area contributed by atoms with Crippen molar-refractivity contribution in [2.24, 2.45) is 5.16 Å². The van der Waals surface area contributed by atoms with Crippen LogP contribution in [0, 0.1) is 0 Å². The SMILES string of the molecule is CC(=O)C(=NOC1(C)C(=O)N(C)C(=O)N(C)C1=O)C(C)=O. The highest BCUT2D eigenvalue weighted by molar-refractivity contribution is 6.65. The second kappa shape index (κ2) is 5.43. The van der Waals surface area contributed by atoms with Gasteiger partial charge in [-0.2, -0.15) is 0 Å². The first kappa shape index (κ1) is 16.5. The van der Waals surface area contributed by atoms with Gasteiger partial charge in [-0.05, 0) is 6.92 Å². The zero-order chi connectivity index (χ0) is 16.5. The summed E-state index contributed by atoms with van der Waals surface area (Å²) < 4.78 is 0. The van der Waals surface area contributed by atoms with Gasteiger partial charge in [-0.15, -0.1) is 0 Å². The van der Waals surface area contributed by atoms with Gasteiger partial charge in [0.05, 0.1) is 0 Å². The van der Waals surface area contributed by atoms with E-state index in [1.165, 1.54) is 14.1 Å². The van der Waals surface area contributed by atoms with Crippen LogP contribution in [0.5, 0.6) is 0 Å². The van der Waals surface area contributed by atoms with E-state index in [9.17, 15) is 24.0 Å². The fourth-order valence-electron chi connectivity index (χ4n) is 1.72. The van der Waals surface area contributed by atoms with Crippen molar-refractivity contribution in [2.75, 3.05) is 14.1 Å². The molecule has 1 heterocycles. The Morgan fingerprint density at radius 3 is 1.71 bits per heavy atom. The van der Waals surface area contributed by atoms with Crippen molar-refractivity contribution in [3.63, 3.8) is 0 Å². The minimum absolute atomic E-state index is 0.529. The van der Waals surface area contributed by atoms with E-state index in [-0.39, 0.29) is 0 Å². The largest absolute Gasteiger partial charge is 0.368 e. The fraction of sp³-hybridized carbons (Fsp3) is 0.500. The van der Waals surface area contributed by atoms with Gasteiger partial charge >= 0.3 is 6.03 Å². The van der Waals surface area contributed by atoms with Gasteiger partial charge in [0.2, 0.25) is 0 Å². The zero-order valence-corrected chi connectivity index (χ0v) is 12.3. The van der Waals surface area contributed by atoms with Crippen molar-refractivity contribution in [2.45, 2.75) is 26.4 Å². The number of Topliss-reactive ketones (excluding diaryl/α,β-unsaturated/α-hetero) is 2. The molecule has 1 rings (SSSR count). The molecule has 1 aliphatic heterocycles. The number of oxime groups is 1. The molecular weight excluding hydrogens is 282 g/mol. The van der Waals surface area contributed by atoms with E-state index in [0.29, 0.717) is 9.80 Å². The summed E-state index contributed by atoms with van der Waals surface area (Å²) in [5, 5.41) is 3.32. The van der Waals surface area contributed by atoms with E-state index in [2.05, 4.69) is 5.16 Å². The molecule has 0 atom stereocenters. The van der Waals surface area contributed by atoms with E-state index in [0.717, 1.165) is 20.8 Å². The Morgan fingerprint density at radius 1 is 1.00 bits per heavy atom. The molecule has 1 saturated heterocycles. The molecule has 114 valence electrons. The number of ketones is 2. The Hall–Kier alpha value is -2.58. The number of likely N-dealkylation sites (N-methyl/N-ethyl adjacent to an activating group) is 2. The predicted octanol–water partition coefficient (Wildman–Crippen LogP) is -0.654. The number of carbonyl (C=O) groups excluding carboxylic acids is 5. The van der Waals surface area contributed by atoms with Crippen LogP contribution < -0.4 is 0 Å². The van der Waals surface area contributed by atoms with Crippen LogP contribution >= 0.6 is 0 Å². The molecule has 9 heteroatoms. The summed E-state index contributed by atoms with van der Waals surface area (Å²) in [7, 11) is 2.35. The lowest BCUT2D eigenvalue weighted by Gasteiger charge is -2.37. The summed E-state index contributed by atoms with van der Waals surface area (Å²) in [6.45, 7) is 3.30. The van der Waals surface area contributed by atoms with Crippen LogP contribution in [0.3, 0.4) is 0 Å². The zero-order valence-electron chi connectivity index (χ0n) is 12.3. The monoisotopic (exact) mass is 297 g/mol. The van der Waals surface area contributed by atoms with E-state index in [1.807, 2.05) is 0 Å². The number of barbiturate groups is 1. The molecule has 0 saturated carbocycles. The Labute approximate surface area is 120 Å². The third-order valence-corrected chi connectivity index (χ3v) is 2.99. The van der Waals surface area contributed by atoms with Gasteiger partial charge in [-0.3, -0.25) is 29.0 Å². The molecule has 0 spiro atoms. The fourth-order valence-corrected chi connectivity index (χ4v) is 1.72. The minimum atomic E-state index is -2.12. The molecule has 21 heavy (non-hydrogen) atoms. The van der Waals surface area contributed by atoms with Crippen LogP contribution in [0.1, 0.15) is 20.8 Å². The standard InChI is InChI=1S/C12H15N3O6/c1-6(16)8(7(2)17)13-21-12(3)9(18)14(4)11(20)15(5)10(12)19/h1-5H3. The lowest BCUT2D eigenvalue weighted by molar-refractivity contribution is -0.173. The number of amides is 4. The van der Waals surface area contributed by atoms with Crippen molar-refractivity contribution in [3.8, 4) is 0 Å². The summed E-state index contributed by atoms with van der Waals surface area (Å²) in [6, 6.07) is -0.812. The third-order valence-electron chi connectivity index (χ3n) is 2.99. The molecule has 1 aliphatic rings. The summed E-state index contributed by atoms with van der Waals surface area (Å²) >= 11 is 0. The van der Waals surface area contributed by atoms with Crippen molar-refractivity contribution in [1.29, 1.82) is 0 Å². The Bertz CT molecular complexity index is 540. The first-order chi connectivity index (χ1) is 9.54. The average Bonchev–Trinajstić information content (AvgIpc) is 2.40. The highest BCUT2D eigenvalue weighted by Crippen LogP contribution is 2.23. The molecule has 9 nitrogen and oxygen atoms in total. The summed E-state index contributed by atoms with van der Waals surface area (Å²) in [6.07, 6.45) is 0. The summed E-state index contributed by atoms with van der Waals surface area (Å²) in [5.74, 6) is -3.21.